The molecule has 0 radical (unpaired) electrons. The zero-order valence-electron chi connectivity index (χ0n) is 6.92. The standard InChI is InChI=1S/C7H4ClF3.BH3O2/c8-6-3-1-2-5(4-6)7(9,10)11;2-1-3/h1-4H;1-3H. The van der Waals surface area contributed by atoms with Gasteiger partial charge < -0.3 is 10.0 Å². The summed E-state index contributed by atoms with van der Waals surface area (Å²) in [6.45, 7) is 0. The van der Waals surface area contributed by atoms with Gasteiger partial charge in [0.2, 0.25) is 0 Å². The van der Waals surface area contributed by atoms with Crippen molar-refractivity contribution in [2.24, 2.45) is 0 Å². The molecule has 0 aliphatic rings. The minimum atomic E-state index is -4.30. The molecule has 0 amide bonds. The first-order chi connectivity index (χ1) is 6.41. The zero-order chi connectivity index (χ0) is 11.2. The Hall–Kier alpha value is -0.715. The van der Waals surface area contributed by atoms with E-state index >= 15 is 0 Å². The highest BCUT2D eigenvalue weighted by atomic mass is 35.5. The van der Waals surface area contributed by atoms with Crippen molar-refractivity contribution in [3.05, 3.63) is 34.9 Å². The van der Waals surface area contributed by atoms with Gasteiger partial charge in [-0.05, 0) is 18.2 Å². The molecule has 0 aliphatic carbocycles. The number of halogens is 4. The first-order valence-corrected chi connectivity index (χ1v) is 3.84. The van der Waals surface area contributed by atoms with Crippen LogP contribution in [-0.4, -0.2) is 17.7 Å². The molecule has 2 nitrogen and oxygen atoms in total. The first-order valence-electron chi connectivity index (χ1n) is 3.46. The Kier molecular flexibility index (Phi) is 5.60. The lowest BCUT2D eigenvalue weighted by molar-refractivity contribution is -0.137. The number of benzene rings is 1. The summed E-state index contributed by atoms with van der Waals surface area (Å²) >= 11 is 5.35. The minimum Gasteiger partial charge on any atom is -0.430 e. The van der Waals surface area contributed by atoms with Crippen LogP contribution in [-0.2, 0) is 6.18 Å². The lowest BCUT2D eigenvalue weighted by atomic mass is 10.2. The topological polar surface area (TPSA) is 40.5 Å². The predicted octanol–water partition coefficient (Wildman–Crippen LogP) is 1.60. The van der Waals surface area contributed by atoms with Gasteiger partial charge in [0.25, 0.3) is 0 Å². The summed E-state index contributed by atoms with van der Waals surface area (Å²) in [7, 11) is -0.750. The third kappa shape index (κ3) is 5.11. The second kappa shape index (κ2) is 5.90. The molecule has 14 heavy (non-hydrogen) atoms. The van der Waals surface area contributed by atoms with Crippen molar-refractivity contribution in [3.63, 3.8) is 0 Å². The molecule has 0 heterocycles. The minimum absolute atomic E-state index is 0.0971. The summed E-state index contributed by atoms with van der Waals surface area (Å²) in [5.74, 6) is 0. The van der Waals surface area contributed by atoms with E-state index in [1.165, 1.54) is 12.1 Å². The van der Waals surface area contributed by atoms with Gasteiger partial charge in [-0.15, -0.1) is 0 Å². The van der Waals surface area contributed by atoms with Crippen LogP contribution in [0.5, 0.6) is 0 Å². The van der Waals surface area contributed by atoms with Crippen molar-refractivity contribution in [2.75, 3.05) is 0 Å². The largest absolute Gasteiger partial charge is 0.432 e. The molecule has 0 saturated heterocycles. The van der Waals surface area contributed by atoms with E-state index in [1.807, 2.05) is 0 Å². The van der Waals surface area contributed by atoms with E-state index in [-0.39, 0.29) is 5.02 Å². The van der Waals surface area contributed by atoms with E-state index in [0.717, 1.165) is 12.1 Å². The Morgan fingerprint density at radius 2 is 1.71 bits per heavy atom. The van der Waals surface area contributed by atoms with Crippen molar-refractivity contribution in [3.8, 4) is 0 Å². The average molecular weight is 226 g/mol. The molecule has 0 atom stereocenters. The molecule has 7 heteroatoms. The SMILES string of the molecule is FC(F)(F)c1cccc(Cl)c1.OBO. The Morgan fingerprint density at radius 3 is 2.00 bits per heavy atom. The van der Waals surface area contributed by atoms with Crippen molar-refractivity contribution < 1.29 is 23.2 Å². The fourth-order valence-corrected chi connectivity index (χ4v) is 0.855. The smallest absolute Gasteiger partial charge is 0.430 e. The number of rotatable bonds is 0. The van der Waals surface area contributed by atoms with Crippen LogP contribution in [0.1, 0.15) is 5.56 Å². The monoisotopic (exact) mass is 226 g/mol. The van der Waals surface area contributed by atoms with Crippen LogP contribution in [0, 0.1) is 0 Å². The molecule has 0 spiro atoms. The number of hydrogen-bond donors (Lipinski definition) is 2. The maximum atomic E-state index is 11.9. The van der Waals surface area contributed by atoms with E-state index in [9.17, 15) is 13.2 Å². The van der Waals surface area contributed by atoms with E-state index in [0.29, 0.717) is 0 Å². The normalized spacial score (nSPS) is 10.1. The molecule has 0 bridgehead atoms. The van der Waals surface area contributed by atoms with E-state index in [1.54, 1.807) is 0 Å². The van der Waals surface area contributed by atoms with Gasteiger partial charge in [0.05, 0.1) is 5.56 Å². The van der Waals surface area contributed by atoms with Gasteiger partial charge in [-0.25, -0.2) is 0 Å². The Bertz CT molecular complexity index is 280. The van der Waals surface area contributed by atoms with Crippen LogP contribution < -0.4 is 0 Å². The highest BCUT2D eigenvalue weighted by molar-refractivity contribution is 6.30. The fraction of sp³-hybridized carbons (Fsp3) is 0.143. The molecule has 0 aromatic heterocycles. The maximum Gasteiger partial charge on any atom is 0.432 e. The molecule has 0 aliphatic heterocycles. The summed E-state index contributed by atoms with van der Waals surface area (Å²) in [5.41, 5.74) is -0.718. The van der Waals surface area contributed by atoms with Crippen LogP contribution in [0.25, 0.3) is 0 Å². The van der Waals surface area contributed by atoms with Crippen molar-refractivity contribution in [1.29, 1.82) is 0 Å². The number of alkyl halides is 3. The van der Waals surface area contributed by atoms with Gasteiger partial charge in [-0.1, -0.05) is 17.7 Å². The molecule has 1 aromatic carbocycles. The lowest BCUT2D eigenvalue weighted by Gasteiger charge is -2.05. The van der Waals surface area contributed by atoms with Crippen molar-refractivity contribution in [2.45, 2.75) is 6.18 Å². The summed E-state index contributed by atoms with van der Waals surface area (Å²) in [5, 5.41) is 14.3. The van der Waals surface area contributed by atoms with Gasteiger partial charge in [0, 0.05) is 5.02 Å². The van der Waals surface area contributed by atoms with Crippen LogP contribution in [0.3, 0.4) is 0 Å². The predicted molar refractivity (Wildman–Crippen MR) is 48.0 cm³/mol. The highest BCUT2D eigenvalue weighted by Gasteiger charge is 2.30. The van der Waals surface area contributed by atoms with Gasteiger partial charge in [0.15, 0.2) is 0 Å². The van der Waals surface area contributed by atoms with Gasteiger partial charge in [0.1, 0.15) is 0 Å². The lowest BCUT2D eigenvalue weighted by Crippen LogP contribution is -2.03. The zero-order valence-corrected chi connectivity index (χ0v) is 7.68. The Morgan fingerprint density at radius 1 is 1.21 bits per heavy atom. The van der Waals surface area contributed by atoms with Gasteiger partial charge in [-0.3, -0.25) is 0 Å². The van der Waals surface area contributed by atoms with Crippen LogP contribution >= 0.6 is 11.6 Å². The summed E-state index contributed by atoms with van der Waals surface area (Å²) in [6, 6.07) is 4.54. The molecule has 0 saturated carbocycles. The average Bonchev–Trinajstić information content (AvgIpc) is 2.04. The second-order valence-electron chi connectivity index (χ2n) is 2.15. The molecule has 0 fully saturated rings. The maximum absolute atomic E-state index is 11.9. The van der Waals surface area contributed by atoms with E-state index in [2.05, 4.69) is 0 Å². The quantitative estimate of drug-likeness (QED) is 0.660. The van der Waals surface area contributed by atoms with Crippen LogP contribution in [0.15, 0.2) is 24.3 Å². The molecule has 78 valence electrons. The summed E-state index contributed by atoms with van der Waals surface area (Å²) in [6.07, 6.45) is -4.30. The van der Waals surface area contributed by atoms with Crippen molar-refractivity contribution in [1.82, 2.24) is 0 Å². The summed E-state index contributed by atoms with van der Waals surface area (Å²) in [4.78, 5) is 0. The van der Waals surface area contributed by atoms with Gasteiger partial charge >= 0.3 is 13.9 Å². The third-order valence-corrected chi connectivity index (χ3v) is 1.39. The molecular weight excluding hydrogens is 219 g/mol. The van der Waals surface area contributed by atoms with Gasteiger partial charge in [-0.2, -0.15) is 13.2 Å². The molecule has 1 rings (SSSR count). The number of hydrogen-bond acceptors (Lipinski definition) is 2. The first kappa shape index (κ1) is 13.3. The highest BCUT2D eigenvalue weighted by Crippen LogP contribution is 2.30. The molecule has 2 N–H and O–H groups in total. The fourth-order valence-electron chi connectivity index (χ4n) is 0.665. The summed E-state index contributed by atoms with van der Waals surface area (Å²) < 4.78 is 35.7. The van der Waals surface area contributed by atoms with Crippen molar-refractivity contribution >= 4 is 19.3 Å². The Labute approximate surface area is 84.2 Å². The van der Waals surface area contributed by atoms with E-state index in [4.69, 9.17) is 21.6 Å². The molecule has 1 aromatic rings. The van der Waals surface area contributed by atoms with Crippen LogP contribution in [0.4, 0.5) is 13.2 Å². The molecular formula is C7H7BClF3O2. The van der Waals surface area contributed by atoms with Crippen LogP contribution in [0.2, 0.25) is 5.02 Å². The van der Waals surface area contributed by atoms with E-state index < -0.39 is 19.4 Å². The Balaban J connectivity index is 0.000000500. The second-order valence-corrected chi connectivity index (χ2v) is 2.59. The molecule has 0 unspecified atom stereocenters. The third-order valence-electron chi connectivity index (χ3n) is 1.15.